The number of nitrogens with one attached hydrogen (secondary N) is 2. The number of halogens is 2. The molecule has 10 nitrogen and oxygen atoms in total. The van der Waals surface area contributed by atoms with Crippen molar-refractivity contribution in [1.82, 2.24) is 4.57 Å². The summed E-state index contributed by atoms with van der Waals surface area (Å²) < 4.78 is 1.23. The van der Waals surface area contributed by atoms with Gasteiger partial charge in [-0.05, 0) is 59.7 Å². The van der Waals surface area contributed by atoms with E-state index in [1.807, 2.05) is 0 Å². The second-order valence-electron chi connectivity index (χ2n) is 8.43. The first-order valence-electron chi connectivity index (χ1n) is 11.4. The van der Waals surface area contributed by atoms with Crippen LogP contribution in [0.15, 0.2) is 89.9 Å². The zero-order chi connectivity index (χ0) is 28.1. The van der Waals surface area contributed by atoms with Crippen molar-refractivity contribution in [1.29, 1.82) is 0 Å². The first kappa shape index (κ1) is 27.4. The van der Waals surface area contributed by atoms with E-state index in [9.17, 15) is 24.5 Å². The van der Waals surface area contributed by atoms with Crippen molar-refractivity contribution in [3.05, 3.63) is 121 Å². The summed E-state index contributed by atoms with van der Waals surface area (Å²) in [5.74, 6) is -0.541. The van der Waals surface area contributed by atoms with Crippen LogP contribution in [0.3, 0.4) is 0 Å². The van der Waals surface area contributed by atoms with E-state index in [0.29, 0.717) is 10.7 Å². The van der Waals surface area contributed by atoms with E-state index >= 15 is 0 Å². The molecule has 4 rings (SSSR count). The van der Waals surface area contributed by atoms with Crippen molar-refractivity contribution >= 4 is 52.3 Å². The standard InChI is InChI=1S/C27H20Cl2N4O6/c28-18-6-4-16(5-7-18)12-24(26(35)30-20-2-1-3-21(15-20)31-27(36)37)32-11-10-17(13-25(32)34)22-14-19(29)8-9-23(22)33(38)39/h1-11,13-15,24,31H,12H2,(H,30,35)(H,36,37). The second kappa shape index (κ2) is 11.8. The molecule has 1 aromatic heterocycles. The number of aromatic nitrogens is 1. The first-order chi connectivity index (χ1) is 18.6. The Morgan fingerprint density at radius 3 is 2.23 bits per heavy atom. The summed E-state index contributed by atoms with van der Waals surface area (Å²) in [5, 5.41) is 26.2. The summed E-state index contributed by atoms with van der Waals surface area (Å²) in [5.41, 5.74) is 0.925. The van der Waals surface area contributed by atoms with E-state index in [1.165, 1.54) is 53.2 Å². The highest BCUT2D eigenvalue weighted by molar-refractivity contribution is 6.31. The average molecular weight is 567 g/mol. The van der Waals surface area contributed by atoms with Gasteiger partial charge in [0.05, 0.1) is 10.5 Å². The molecule has 12 heteroatoms. The SMILES string of the molecule is O=C(O)Nc1cccc(NC(=O)C(Cc2ccc(Cl)cc2)n2ccc(-c3cc(Cl)ccc3[N+](=O)[O-])cc2=O)c1. The fourth-order valence-corrected chi connectivity index (χ4v) is 4.30. The van der Waals surface area contributed by atoms with E-state index in [-0.39, 0.29) is 33.9 Å². The third-order valence-electron chi connectivity index (χ3n) is 5.78. The van der Waals surface area contributed by atoms with E-state index in [1.54, 1.807) is 36.4 Å². The molecule has 39 heavy (non-hydrogen) atoms. The number of carbonyl (C=O) groups is 2. The first-order valence-corrected chi connectivity index (χ1v) is 12.2. The maximum Gasteiger partial charge on any atom is 0.409 e. The van der Waals surface area contributed by atoms with Gasteiger partial charge in [0.1, 0.15) is 6.04 Å². The van der Waals surface area contributed by atoms with Crippen LogP contribution in [0.5, 0.6) is 0 Å². The number of hydrogen-bond donors (Lipinski definition) is 3. The van der Waals surface area contributed by atoms with Crippen LogP contribution in [0, 0.1) is 10.1 Å². The number of pyridine rings is 1. The van der Waals surface area contributed by atoms with Gasteiger partial charge in [0.2, 0.25) is 5.91 Å². The lowest BCUT2D eigenvalue weighted by molar-refractivity contribution is -0.384. The number of amides is 2. The molecule has 1 atom stereocenters. The van der Waals surface area contributed by atoms with Crippen molar-refractivity contribution in [3.8, 4) is 11.1 Å². The molecule has 3 aromatic carbocycles. The number of carboxylic acid groups (broad SMARTS) is 1. The van der Waals surface area contributed by atoms with E-state index < -0.39 is 28.5 Å². The Morgan fingerprint density at radius 1 is 0.923 bits per heavy atom. The minimum absolute atomic E-state index is 0.118. The van der Waals surface area contributed by atoms with Gasteiger partial charge < -0.3 is 15.0 Å². The monoisotopic (exact) mass is 566 g/mol. The summed E-state index contributed by atoms with van der Waals surface area (Å²) in [7, 11) is 0. The van der Waals surface area contributed by atoms with Crippen LogP contribution in [0.1, 0.15) is 11.6 Å². The molecule has 0 saturated heterocycles. The Labute approximate surface area is 231 Å². The van der Waals surface area contributed by atoms with Crippen LogP contribution in [0.4, 0.5) is 21.9 Å². The number of anilines is 2. The van der Waals surface area contributed by atoms with Crippen LogP contribution in [0.25, 0.3) is 11.1 Å². The van der Waals surface area contributed by atoms with Gasteiger partial charge in [0.25, 0.3) is 11.2 Å². The lowest BCUT2D eigenvalue weighted by Crippen LogP contribution is -2.34. The zero-order valence-electron chi connectivity index (χ0n) is 20.0. The molecule has 0 aliphatic heterocycles. The molecule has 2 amide bonds. The van der Waals surface area contributed by atoms with Gasteiger partial charge in [-0.2, -0.15) is 0 Å². The van der Waals surface area contributed by atoms with Gasteiger partial charge in [-0.1, -0.05) is 41.4 Å². The molecule has 4 aromatic rings. The topological polar surface area (TPSA) is 144 Å². The molecule has 0 saturated carbocycles. The molecule has 0 aliphatic carbocycles. The van der Waals surface area contributed by atoms with Crippen molar-refractivity contribution < 1.29 is 19.6 Å². The van der Waals surface area contributed by atoms with Crippen molar-refractivity contribution in [2.24, 2.45) is 0 Å². The molecular formula is C27H20Cl2N4O6. The maximum absolute atomic E-state index is 13.5. The number of carbonyl (C=O) groups excluding carboxylic acids is 1. The number of hydrogen-bond acceptors (Lipinski definition) is 5. The quantitative estimate of drug-likeness (QED) is 0.170. The smallest absolute Gasteiger partial charge is 0.409 e. The molecule has 0 spiro atoms. The summed E-state index contributed by atoms with van der Waals surface area (Å²) in [6, 6.07) is 18.6. The molecule has 3 N–H and O–H groups in total. The minimum Gasteiger partial charge on any atom is -0.465 e. The minimum atomic E-state index is -1.26. The maximum atomic E-state index is 13.5. The molecule has 198 valence electrons. The highest BCUT2D eigenvalue weighted by Gasteiger charge is 2.24. The van der Waals surface area contributed by atoms with Crippen LogP contribution in [0.2, 0.25) is 10.0 Å². The van der Waals surface area contributed by atoms with Crippen LogP contribution >= 0.6 is 23.2 Å². The number of benzene rings is 3. The van der Waals surface area contributed by atoms with Gasteiger partial charge in [0.15, 0.2) is 0 Å². The van der Waals surface area contributed by atoms with Crippen LogP contribution < -0.4 is 16.2 Å². The predicted octanol–water partition coefficient (Wildman–Crippen LogP) is 6.24. The fourth-order valence-electron chi connectivity index (χ4n) is 4.00. The highest BCUT2D eigenvalue weighted by Crippen LogP contribution is 2.32. The largest absolute Gasteiger partial charge is 0.465 e. The van der Waals surface area contributed by atoms with Crippen molar-refractivity contribution in [2.45, 2.75) is 12.5 Å². The number of nitro groups is 1. The summed E-state index contributed by atoms with van der Waals surface area (Å²) in [6.45, 7) is 0. The van der Waals surface area contributed by atoms with Gasteiger partial charge in [0, 0.05) is 46.2 Å². The normalized spacial score (nSPS) is 11.4. The second-order valence-corrected chi connectivity index (χ2v) is 9.30. The number of rotatable bonds is 8. The van der Waals surface area contributed by atoms with E-state index in [2.05, 4.69) is 10.6 Å². The Morgan fingerprint density at radius 2 is 1.59 bits per heavy atom. The predicted molar refractivity (Wildman–Crippen MR) is 149 cm³/mol. The lowest BCUT2D eigenvalue weighted by Gasteiger charge is -2.20. The fraction of sp³-hybridized carbons (Fsp3) is 0.0741. The van der Waals surface area contributed by atoms with Gasteiger partial charge in [-0.3, -0.25) is 25.0 Å². The zero-order valence-corrected chi connectivity index (χ0v) is 21.5. The Balaban J connectivity index is 1.71. The van der Waals surface area contributed by atoms with Crippen molar-refractivity contribution in [3.63, 3.8) is 0 Å². The molecular weight excluding hydrogens is 547 g/mol. The van der Waals surface area contributed by atoms with Crippen molar-refractivity contribution in [2.75, 3.05) is 10.6 Å². The average Bonchev–Trinajstić information content (AvgIpc) is 2.88. The number of nitrogens with zero attached hydrogens (tertiary/aromatic N) is 2. The Bertz CT molecular complexity index is 1620. The van der Waals surface area contributed by atoms with Crippen LogP contribution in [-0.4, -0.2) is 26.6 Å². The third-order valence-corrected chi connectivity index (χ3v) is 6.26. The molecule has 0 radical (unpaired) electrons. The molecule has 1 heterocycles. The van der Waals surface area contributed by atoms with Gasteiger partial charge in [-0.15, -0.1) is 0 Å². The number of nitro benzene ring substituents is 1. The van der Waals surface area contributed by atoms with Gasteiger partial charge >= 0.3 is 6.09 Å². The van der Waals surface area contributed by atoms with E-state index in [4.69, 9.17) is 28.3 Å². The Kier molecular flexibility index (Phi) is 8.28. The summed E-state index contributed by atoms with van der Waals surface area (Å²) in [4.78, 5) is 48.7. The molecule has 0 aliphatic rings. The third kappa shape index (κ3) is 6.81. The Hall–Kier alpha value is -4.67. The molecule has 0 bridgehead atoms. The molecule has 0 fully saturated rings. The van der Waals surface area contributed by atoms with Crippen LogP contribution in [-0.2, 0) is 11.2 Å². The summed E-state index contributed by atoms with van der Waals surface area (Å²) in [6.07, 6.45) is 0.253. The highest BCUT2D eigenvalue weighted by atomic mass is 35.5. The molecule has 1 unspecified atom stereocenters. The van der Waals surface area contributed by atoms with E-state index in [0.717, 1.165) is 5.56 Å². The lowest BCUT2D eigenvalue weighted by atomic mass is 10.0. The van der Waals surface area contributed by atoms with Gasteiger partial charge in [-0.25, -0.2) is 4.79 Å². The summed E-state index contributed by atoms with van der Waals surface area (Å²) >= 11 is 12.0.